The van der Waals surface area contributed by atoms with Gasteiger partial charge in [0.15, 0.2) is 6.10 Å². The average molecular weight is 339 g/mol. The fourth-order valence-electron chi connectivity index (χ4n) is 2.62. The van der Waals surface area contributed by atoms with Crippen LogP contribution in [0, 0.1) is 17.6 Å². The van der Waals surface area contributed by atoms with Crippen molar-refractivity contribution in [3.63, 3.8) is 0 Å². The molecule has 0 radical (unpaired) electrons. The van der Waals surface area contributed by atoms with Gasteiger partial charge in [0.1, 0.15) is 22.9 Å². The number of rotatable bonds is 2. The maximum atomic E-state index is 13.6. The molecule has 1 amide bonds. The predicted octanol–water partition coefficient (Wildman–Crippen LogP) is 2.45. The molecule has 1 aliphatic heterocycles. The van der Waals surface area contributed by atoms with Gasteiger partial charge in [-0.25, -0.2) is 8.78 Å². The summed E-state index contributed by atoms with van der Waals surface area (Å²) in [4.78, 5) is 13.2. The smallest absolute Gasteiger partial charge is 0.414 e. The van der Waals surface area contributed by atoms with Crippen molar-refractivity contribution in [2.45, 2.75) is 25.1 Å². The SMILES string of the molecule is O=C(c1c(O)cc(F)cc1F)N1CCC(C(O)C(F)(F)F)CC1. The topological polar surface area (TPSA) is 60.8 Å². The predicted molar refractivity (Wildman–Crippen MR) is 68.7 cm³/mol. The van der Waals surface area contributed by atoms with Crippen LogP contribution in [0.15, 0.2) is 12.1 Å². The number of hydrogen-bond donors (Lipinski definition) is 2. The molecule has 4 nitrogen and oxygen atoms in total. The number of hydrogen-bond acceptors (Lipinski definition) is 3. The van der Waals surface area contributed by atoms with Crippen LogP contribution < -0.4 is 0 Å². The third-order valence-electron chi connectivity index (χ3n) is 3.86. The first-order chi connectivity index (χ1) is 10.6. The number of alkyl halides is 3. The normalized spacial score (nSPS) is 18.1. The number of amides is 1. The van der Waals surface area contributed by atoms with Gasteiger partial charge in [0, 0.05) is 25.2 Å². The zero-order valence-corrected chi connectivity index (χ0v) is 11.8. The molecule has 0 bridgehead atoms. The van der Waals surface area contributed by atoms with Gasteiger partial charge in [0.2, 0.25) is 0 Å². The van der Waals surface area contributed by atoms with Crippen molar-refractivity contribution in [2.24, 2.45) is 5.92 Å². The highest BCUT2D eigenvalue weighted by Crippen LogP contribution is 2.32. The van der Waals surface area contributed by atoms with Gasteiger partial charge in [-0.05, 0) is 18.8 Å². The van der Waals surface area contributed by atoms with Crippen LogP contribution in [0.3, 0.4) is 0 Å². The highest BCUT2D eigenvalue weighted by Gasteiger charge is 2.44. The summed E-state index contributed by atoms with van der Waals surface area (Å²) in [7, 11) is 0. The molecule has 1 saturated heterocycles. The third-order valence-corrected chi connectivity index (χ3v) is 3.86. The number of phenolic OH excluding ortho intramolecular Hbond substituents is 1. The molecule has 9 heteroatoms. The molecule has 1 atom stereocenters. The number of carbonyl (C=O) groups excluding carboxylic acids is 1. The fraction of sp³-hybridized carbons (Fsp3) is 0.500. The van der Waals surface area contributed by atoms with E-state index in [1.807, 2.05) is 0 Å². The minimum atomic E-state index is -4.74. The second-order valence-electron chi connectivity index (χ2n) is 5.40. The molecule has 0 aromatic heterocycles. The molecule has 1 heterocycles. The molecule has 23 heavy (non-hydrogen) atoms. The molecule has 1 fully saturated rings. The molecule has 0 aliphatic carbocycles. The van der Waals surface area contributed by atoms with Crippen molar-refractivity contribution in [1.29, 1.82) is 0 Å². The number of aromatic hydroxyl groups is 1. The molecule has 2 rings (SSSR count). The minimum absolute atomic E-state index is 0.115. The van der Waals surface area contributed by atoms with Crippen molar-refractivity contribution in [3.05, 3.63) is 29.3 Å². The van der Waals surface area contributed by atoms with Crippen molar-refractivity contribution in [1.82, 2.24) is 4.90 Å². The van der Waals surface area contributed by atoms with Gasteiger partial charge < -0.3 is 15.1 Å². The van der Waals surface area contributed by atoms with Crippen LogP contribution in [0.25, 0.3) is 0 Å². The maximum Gasteiger partial charge on any atom is 0.414 e. The number of benzene rings is 1. The number of piperidine rings is 1. The van der Waals surface area contributed by atoms with Gasteiger partial charge in [0.05, 0.1) is 0 Å². The molecular weight excluding hydrogens is 325 g/mol. The summed E-state index contributed by atoms with van der Waals surface area (Å²) in [6.45, 7) is -0.264. The first-order valence-electron chi connectivity index (χ1n) is 6.83. The standard InChI is InChI=1S/C14H14F5NO3/c15-8-5-9(16)11(10(21)6-8)13(23)20-3-1-7(2-4-20)12(22)14(17,18)19/h5-7,12,21-22H,1-4H2. The van der Waals surface area contributed by atoms with E-state index in [0.29, 0.717) is 12.1 Å². The number of nitrogens with zero attached hydrogens (tertiary/aromatic N) is 1. The lowest BCUT2D eigenvalue weighted by Gasteiger charge is -2.34. The summed E-state index contributed by atoms with van der Waals surface area (Å²) >= 11 is 0. The Morgan fingerprint density at radius 3 is 2.26 bits per heavy atom. The van der Waals surface area contributed by atoms with Crippen molar-refractivity contribution < 1.29 is 37.0 Å². The third kappa shape index (κ3) is 3.72. The van der Waals surface area contributed by atoms with Gasteiger partial charge in [-0.1, -0.05) is 0 Å². The number of phenols is 1. The molecule has 0 spiro atoms. The molecule has 128 valence electrons. The Hall–Kier alpha value is -1.90. The molecular formula is C14H14F5NO3. The van der Waals surface area contributed by atoms with Gasteiger partial charge in [0.25, 0.3) is 5.91 Å². The largest absolute Gasteiger partial charge is 0.507 e. The summed E-state index contributed by atoms with van der Waals surface area (Å²) in [6.07, 6.45) is -7.44. The van der Waals surface area contributed by atoms with Crippen molar-refractivity contribution in [2.75, 3.05) is 13.1 Å². The Bertz CT molecular complexity index is 574. The summed E-state index contributed by atoms with van der Waals surface area (Å²) in [5.74, 6) is -5.15. The first kappa shape index (κ1) is 17.5. The molecule has 1 unspecified atom stereocenters. The van der Waals surface area contributed by atoms with Gasteiger partial charge in [-0.2, -0.15) is 13.2 Å². The Kier molecular flexibility index (Phi) is 4.79. The Balaban J connectivity index is 2.08. The van der Waals surface area contributed by atoms with E-state index in [2.05, 4.69) is 0 Å². The van der Waals surface area contributed by atoms with Crippen LogP contribution in [0.5, 0.6) is 5.75 Å². The lowest BCUT2D eigenvalue weighted by Crippen LogP contribution is -2.45. The Morgan fingerprint density at radius 1 is 1.22 bits per heavy atom. The van der Waals surface area contributed by atoms with Crippen LogP contribution in [0.2, 0.25) is 0 Å². The Labute approximate surface area is 128 Å². The van der Waals surface area contributed by atoms with Crippen LogP contribution in [0.1, 0.15) is 23.2 Å². The van der Waals surface area contributed by atoms with E-state index in [0.717, 1.165) is 4.90 Å². The summed E-state index contributed by atoms with van der Waals surface area (Å²) in [5.41, 5.74) is -0.721. The lowest BCUT2D eigenvalue weighted by atomic mass is 9.90. The van der Waals surface area contributed by atoms with E-state index in [1.165, 1.54) is 0 Å². The molecule has 2 N–H and O–H groups in total. The lowest BCUT2D eigenvalue weighted by molar-refractivity contribution is -0.222. The highest BCUT2D eigenvalue weighted by molar-refractivity contribution is 5.97. The van der Waals surface area contributed by atoms with Gasteiger partial charge in [-0.3, -0.25) is 4.79 Å². The van der Waals surface area contributed by atoms with E-state index in [1.54, 1.807) is 0 Å². The summed E-state index contributed by atoms with van der Waals surface area (Å²) in [5, 5.41) is 18.7. The van der Waals surface area contributed by atoms with Gasteiger partial charge >= 0.3 is 6.18 Å². The van der Waals surface area contributed by atoms with Gasteiger partial charge in [-0.15, -0.1) is 0 Å². The quantitative estimate of drug-likeness (QED) is 0.814. The molecule has 1 aliphatic rings. The van der Waals surface area contributed by atoms with Crippen molar-refractivity contribution >= 4 is 5.91 Å². The van der Waals surface area contributed by atoms with Crippen molar-refractivity contribution in [3.8, 4) is 5.75 Å². The van der Waals surface area contributed by atoms with Crippen LogP contribution >= 0.6 is 0 Å². The molecule has 1 aromatic carbocycles. The number of aliphatic hydroxyl groups is 1. The first-order valence-corrected chi connectivity index (χ1v) is 6.83. The number of halogens is 5. The maximum absolute atomic E-state index is 13.6. The fourth-order valence-corrected chi connectivity index (χ4v) is 2.62. The van der Waals surface area contributed by atoms with Crippen LogP contribution in [-0.2, 0) is 0 Å². The monoisotopic (exact) mass is 339 g/mol. The van der Waals surface area contributed by atoms with Crippen LogP contribution in [-0.4, -0.2) is 46.4 Å². The average Bonchev–Trinajstić information content (AvgIpc) is 2.44. The van der Waals surface area contributed by atoms with Crippen LogP contribution in [0.4, 0.5) is 22.0 Å². The highest BCUT2D eigenvalue weighted by atomic mass is 19.4. The minimum Gasteiger partial charge on any atom is -0.507 e. The van der Waals surface area contributed by atoms with E-state index < -0.39 is 47.1 Å². The number of aliphatic hydroxyl groups excluding tert-OH is 1. The number of likely N-dealkylation sites (tertiary alicyclic amines) is 1. The summed E-state index contributed by atoms with van der Waals surface area (Å²) < 4.78 is 63.9. The summed E-state index contributed by atoms with van der Waals surface area (Å²) in [6, 6.07) is 1.02. The molecule has 1 aromatic rings. The Morgan fingerprint density at radius 2 is 1.78 bits per heavy atom. The number of carbonyl (C=O) groups is 1. The van der Waals surface area contributed by atoms with E-state index in [-0.39, 0.29) is 25.9 Å². The zero-order chi connectivity index (χ0) is 17.4. The van der Waals surface area contributed by atoms with E-state index >= 15 is 0 Å². The zero-order valence-electron chi connectivity index (χ0n) is 11.8. The molecule has 0 saturated carbocycles. The second kappa shape index (κ2) is 6.31. The second-order valence-corrected chi connectivity index (χ2v) is 5.40. The van der Waals surface area contributed by atoms with E-state index in [9.17, 15) is 37.0 Å². The van der Waals surface area contributed by atoms with E-state index in [4.69, 9.17) is 0 Å².